The molecule has 0 bridgehead atoms. The summed E-state index contributed by atoms with van der Waals surface area (Å²) in [7, 11) is 0. The molecular formula is C21H19N6O3+. The Hall–Kier alpha value is -4.14. The molecule has 0 radical (unpaired) electrons. The lowest BCUT2D eigenvalue weighted by molar-refractivity contribution is -0.367. The largest absolute Gasteiger partial charge is 0.354 e. The average Bonchev–Trinajstić information content (AvgIpc) is 2.97. The summed E-state index contributed by atoms with van der Waals surface area (Å²) < 4.78 is 0. The Morgan fingerprint density at radius 1 is 1.03 bits per heavy atom. The molecular weight excluding hydrogens is 384 g/mol. The highest BCUT2D eigenvalue weighted by atomic mass is 16.2. The maximum Gasteiger partial charge on any atom is 0.354 e. The van der Waals surface area contributed by atoms with Gasteiger partial charge in [0.15, 0.2) is 0 Å². The van der Waals surface area contributed by atoms with Gasteiger partial charge in [0.2, 0.25) is 0 Å². The third-order valence-corrected chi connectivity index (χ3v) is 4.76. The fraction of sp³-hybridized carbons (Fsp3) is 0.143. The normalized spacial score (nSPS) is 13.6. The van der Waals surface area contributed by atoms with Gasteiger partial charge in [-0.25, -0.2) is 10.3 Å². The summed E-state index contributed by atoms with van der Waals surface area (Å²) in [5.74, 6) is -1.05. The van der Waals surface area contributed by atoms with Crippen molar-refractivity contribution in [3.05, 3.63) is 65.4 Å². The minimum atomic E-state index is -0.450. The monoisotopic (exact) mass is 403 g/mol. The second kappa shape index (κ2) is 7.70. The predicted molar refractivity (Wildman–Crippen MR) is 109 cm³/mol. The predicted octanol–water partition coefficient (Wildman–Crippen LogP) is -0.232. The summed E-state index contributed by atoms with van der Waals surface area (Å²) in [6, 6.07) is 14.1. The number of imide groups is 1. The van der Waals surface area contributed by atoms with E-state index in [1.807, 2.05) is 31.2 Å². The highest BCUT2D eigenvalue weighted by Crippen LogP contribution is 2.22. The number of amides is 3. The van der Waals surface area contributed by atoms with Crippen LogP contribution in [-0.2, 0) is 4.79 Å². The van der Waals surface area contributed by atoms with Crippen molar-refractivity contribution in [2.24, 2.45) is 5.73 Å². The van der Waals surface area contributed by atoms with Gasteiger partial charge >= 0.3 is 5.95 Å². The number of guanidine groups is 1. The van der Waals surface area contributed by atoms with Crippen molar-refractivity contribution < 1.29 is 19.4 Å². The van der Waals surface area contributed by atoms with Crippen LogP contribution in [0.2, 0.25) is 0 Å². The average molecular weight is 403 g/mol. The van der Waals surface area contributed by atoms with Crippen LogP contribution in [0.1, 0.15) is 32.8 Å². The molecule has 0 spiro atoms. The Morgan fingerprint density at radius 2 is 1.67 bits per heavy atom. The number of para-hydroxylation sites is 1. The molecule has 1 aliphatic rings. The Balaban J connectivity index is 1.40. The molecule has 0 fully saturated rings. The number of fused-ring (bicyclic) bond motifs is 2. The lowest BCUT2D eigenvalue weighted by Crippen LogP contribution is -2.75. The van der Waals surface area contributed by atoms with Crippen molar-refractivity contribution in [2.75, 3.05) is 6.54 Å². The van der Waals surface area contributed by atoms with Gasteiger partial charge in [-0.1, -0.05) is 24.3 Å². The lowest BCUT2D eigenvalue weighted by atomic mass is 10.1. The number of nitrogens with zero attached hydrogens (tertiary/aromatic N) is 3. The van der Waals surface area contributed by atoms with Crippen LogP contribution in [0, 0.1) is 6.92 Å². The molecule has 1 aliphatic heterocycles. The molecule has 2 aromatic carbocycles. The first-order valence-corrected chi connectivity index (χ1v) is 9.32. The van der Waals surface area contributed by atoms with Gasteiger partial charge in [-0.3, -0.25) is 19.3 Å². The summed E-state index contributed by atoms with van der Waals surface area (Å²) in [6.07, 6.45) is -0.0918. The number of rotatable bonds is 4. The van der Waals surface area contributed by atoms with Crippen molar-refractivity contribution >= 4 is 40.5 Å². The number of carbonyl (C=O) groups excluding carboxylic acids is 3. The van der Waals surface area contributed by atoms with Crippen LogP contribution in [0.4, 0.5) is 5.95 Å². The van der Waals surface area contributed by atoms with E-state index >= 15 is 0 Å². The summed E-state index contributed by atoms with van der Waals surface area (Å²) in [5.41, 5.74) is 8.07. The zero-order valence-electron chi connectivity index (χ0n) is 16.2. The van der Waals surface area contributed by atoms with Crippen molar-refractivity contribution in [3.8, 4) is 0 Å². The standard InChI is InChI=1S/C21H18N6O3/c1-12-13-6-4-5-9-16(13)24-21(23-12)26-20(22)25-17(28)10-11-27-18(29)14-7-2-3-8-15(14)19(27)30/h2-9H,10-11H2,1H3,(H3,22,23,24,25,26,28)/p+1. The Bertz CT molecular complexity index is 1190. The smallest absolute Gasteiger partial charge is 0.322 e. The van der Waals surface area contributed by atoms with Gasteiger partial charge in [0.05, 0.1) is 23.2 Å². The zero-order valence-corrected chi connectivity index (χ0v) is 16.2. The molecule has 2 heterocycles. The number of aromatic nitrogens is 2. The quantitative estimate of drug-likeness (QED) is 0.313. The summed E-state index contributed by atoms with van der Waals surface area (Å²) in [6.45, 7) is 1.81. The van der Waals surface area contributed by atoms with Crippen LogP contribution < -0.4 is 16.0 Å². The molecule has 30 heavy (non-hydrogen) atoms. The van der Waals surface area contributed by atoms with E-state index in [4.69, 9.17) is 5.73 Å². The van der Waals surface area contributed by atoms with E-state index in [9.17, 15) is 14.4 Å². The SMILES string of the molecule is Cc1nc(/[NH+]=C(\N)NC(=O)CCN2C(=O)c3ccccc3C2=O)nc2ccccc12. The number of aryl methyl sites for hydroxylation is 1. The zero-order chi connectivity index (χ0) is 21.3. The maximum absolute atomic E-state index is 12.3. The van der Waals surface area contributed by atoms with Gasteiger partial charge in [-0.2, -0.15) is 0 Å². The fourth-order valence-corrected chi connectivity index (χ4v) is 3.31. The first kappa shape index (κ1) is 19.2. The van der Waals surface area contributed by atoms with Crippen LogP contribution in [0.25, 0.3) is 10.9 Å². The topological polar surface area (TPSA) is 132 Å². The number of carbonyl (C=O) groups is 3. The molecule has 0 saturated heterocycles. The molecule has 9 nitrogen and oxygen atoms in total. The van der Waals surface area contributed by atoms with Gasteiger partial charge in [-0.05, 0) is 31.2 Å². The third kappa shape index (κ3) is 3.60. The Morgan fingerprint density at radius 3 is 2.37 bits per heavy atom. The van der Waals surface area contributed by atoms with E-state index in [2.05, 4.69) is 20.3 Å². The van der Waals surface area contributed by atoms with E-state index in [1.54, 1.807) is 24.3 Å². The Kier molecular flexibility index (Phi) is 4.93. The molecule has 4 N–H and O–H groups in total. The van der Waals surface area contributed by atoms with Crippen molar-refractivity contribution in [3.63, 3.8) is 0 Å². The number of hydrogen-bond donors (Lipinski definition) is 3. The second-order valence-electron chi connectivity index (χ2n) is 6.79. The first-order chi connectivity index (χ1) is 14.4. The summed E-state index contributed by atoms with van der Waals surface area (Å²) in [4.78, 5) is 49.4. The van der Waals surface area contributed by atoms with Crippen LogP contribution in [0.5, 0.6) is 0 Å². The molecule has 0 saturated carbocycles. The van der Waals surface area contributed by atoms with E-state index < -0.39 is 17.7 Å². The molecule has 3 amide bonds. The summed E-state index contributed by atoms with van der Waals surface area (Å²) in [5, 5.41) is 3.41. The number of nitrogens with two attached hydrogens (primary N) is 1. The molecule has 1 aromatic heterocycles. The molecule has 4 rings (SSSR count). The second-order valence-corrected chi connectivity index (χ2v) is 6.79. The van der Waals surface area contributed by atoms with E-state index in [1.165, 1.54) is 0 Å². The minimum Gasteiger partial charge on any atom is -0.322 e. The fourth-order valence-electron chi connectivity index (χ4n) is 3.31. The molecule has 150 valence electrons. The highest BCUT2D eigenvalue weighted by molar-refractivity contribution is 6.21. The van der Waals surface area contributed by atoms with Gasteiger partial charge in [0.1, 0.15) is 5.52 Å². The van der Waals surface area contributed by atoms with Gasteiger partial charge in [0, 0.05) is 11.9 Å². The summed E-state index contributed by atoms with van der Waals surface area (Å²) >= 11 is 0. The first-order valence-electron chi connectivity index (χ1n) is 9.32. The minimum absolute atomic E-state index is 0.0444. The van der Waals surface area contributed by atoms with Crippen molar-refractivity contribution in [1.82, 2.24) is 20.2 Å². The molecule has 3 aromatic rings. The highest BCUT2D eigenvalue weighted by Gasteiger charge is 2.35. The van der Waals surface area contributed by atoms with E-state index in [0.29, 0.717) is 11.1 Å². The Labute approximate surface area is 171 Å². The maximum atomic E-state index is 12.3. The molecule has 0 atom stereocenters. The van der Waals surface area contributed by atoms with Gasteiger partial charge in [-0.15, -0.1) is 9.97 Å². The third-order valence-electron chi connectivity index (χ3n) is 4.76. The van der Waals surface area contributed by atoms with E-state index in [-0.39, 0.29) is 24.9 Å². The van der Waals surface area contributed by atoms with Crippen LogP contribution in [0.15, 0.2) is 48.5 Å². The van der Waals surface area contributed by atoms with Crippen LogP contribution in [0.3, 0.4) is 0 Å². The number of benzene rings is 2. The molecule has 0 aliphatic carbocycles. The molecule has 0 unspecified atom stereocenters. The van der Waals surface area contributed by atoms with Crippen LogP contribution in [-0.4, -0.2) is 45.1 Å². The van der Waals surface area contributed by atoms with E-state index in [0.717, 1.165) is 21.5 Å². The molecule has 9 heteroatoms. The van der Waals surface area contributed by atoms with Crippen molar-refractivity contribution in [2.45, 2.75) is 13.3 Å². The lowest BCUT2D eigenvalue weighted by Gasteiger charge is -2.12. The number of hydrogen-bond acceptors (Lipinski definition) is 5. The van der Waals surface area contributed by atoms with Gasteiger partial charge < -0.3 is 5.73 Å². The van der Waals surface area contributed by atoms with Crippen molar-refractivity contribution in [1.29, 1.82) is 0 Å². The van der Waals surface area contributed by atoms with Gasteiger partial charge in [0.25, 0.3) is 23.7 Å². The van der Waals surface area contributed by atoms with Crippen LogP contribution >= 0.6 is 0 Å². The number of nitrogens with one attached hydrogen (secondary N) is 2.